The van der Waals surface area contributed by atoms with Crippen molar-refractivity contribution in [1.82, 2.24) is 35.0 Å². The SMILES string of the molecule is CN1CCC(Oc2cc(Nc3ncc(-c4cccnn4)cn3)cc(-c3nc4ccc(C(F)(F)F)cc4[nH]3)c2)CC1. The number of nitrogens with one attached hydrogen (secondary N) is 2. The fourth-order valence-corrected chi connectivity index (χ4v) is 4.60. The lowest BCUT2D eigenvalue weighted by Crippen LogP contribution is -2.35. The van der Waals surface area contributed by atoms with Crippen LogP contribution in [-0.4, -0.2) is 61.3 Å². The van der Waals surface area contributed by atoms with E-state index in [0.29, 0.717) is 45.5 Å². The van der Waals surface area contributed by atoms with Crippen molar-refractivity contribution in [1.29, 1.82) is 0 Å². The topological polar surface area (TPSA) is 105 Å². The second-order valence-electron chi connectivity index (χ2n) is 9.71. The van der Waals surface area contributed by atoms with E-state index in [9.17, 15) is 13.2 Å². The van der Waals surface area contributed by atoms with Crippen LogP contribution in [0.4, 0.5) is 24.8 Å². The van der Waals surface area contributed by atoms with Crippen molar-refractivity contribution in [2.45, 2.75) is 25.1 Å². The summed E-state index contributed by atoms with van der Waals surface area (Å²) in [7, 11) is 2.08. The minimum atomic E-state index is -4.44. The van der Waals surface area contributed by atoms with Crippen molar-refractivity contribution >= 4 is 22.7 Å². The molecule has 0 unspecified atom stereocenters. The number of halogens is 3. The van der Waals surface area contributed by atoms with Crippen molar-refractivity contribution in [2.75, 3.05) is 25.5 Å². The third-order valence-corrected chi connectivity index (χ3v) is 6.73. The average Bonchev–Trinajstić information content (AvgIpc) is 3.39. The zero-order valence-corrected chi connectivity index (χ0v) is 21.5. The number of piperidine rings is 1. The van der Waals surface area contributed by atoms with Gasteiger partial charge in [-0.05, 0) is 62.4 Å². The Balaban J connectivity index is 1.32. The summed E-state index contributed by atoms with van der Waals surface area (Å²) in [6.45, 7) is 1.87. The van der Waals surface area contributed by atoms with Gasteiger partial charge in [0.1, 0.15) is 17.7 Å². The molecule has 1 aliphatic heterocycles. The van der Waals surface area contributed by atoms with Gasteiger partial charge >= 0.3 is 6.18 Å². The molecule has 6 rings (SSSR count). The van der Waals surface area contributed by atoms with Gasteiger partial charge in [-0.25, -0.2) is 15.0 Å². The summed E-state index contributed by atoms with van der Waals surface area (Å²) in [4.78, 5) is 18.6. The summed E-state index contributed by atoms with van der Waals surface area (Å²) in [6, 6.07) is 12.6. The molecule has 5 aromatic rings. The van der Waals surface area contributed by atoms with Gasteiger partial charge in [-0.15, -0.1) is 0 Å². The molecule has 2 aromatic carbocycles. The highest BCUT2D eigenvalue weighted by Crippen LogP contribution is 2.34. The molecule has 1 fully saturated rings. The maximum atomic E-state index is 13.2. The molecule has 40 heavy (non-hydrogen) atoms. The second-order valence-corrected chi connectivity index (χ2v) is 9.71. The predicted molar refractivity (Wildman–Crippen MR) is 144 cm³/mol. The number of hydrogen-bond donors (Lipinski definition) is 2. The Morgan fingerprint density at radius 3 is 2.52 bits per heavy atom. The zero-order chi connectivity index (χ0) is 27.7. The Labute approximate surface area is 227 Å². The highest BCUT2D eigenvalue weighted by atomic mass is 19.4. The van der Waals surface area contributed by atoms with Gasteiger partial charge < -0.3 is 19.9 Å². The number of benzene rings is 2. The highest BCUT2D eigenvalue weighted by molar-refractivity contribution is 5.81. The van der Waals surface area contributed by atoms with E-state index in [1.807, 2.05) is 24.3 Å². The van der Waals surface area contributed by atoms with Gasteiger partial charge in [-0.1, -0.05) is 0 Å². The summed E-state index contributed by atoms with van der Waals surface area (Å²) >= 11 is 0. The van der Waals surface area contributed by atoms with Crippen molar-refractivity contribution in [3.05, 3.63) is 72.7 Å². The Kier molecular flexibility index (Phi) is 6.76. The summed E-state index contributed by atoms with van der Waals surface area (Å²) in [6.07, 6.45) is 2.28. The number of aromatic amines is 1. The highest BCUT2D eigenvalue weighted by Gasteiger charge is 2.30. The van der Waals surface area contributed by atoms with Gasteiger partial charge in [0.15, 0.2) is 0 Å². The Hall–Kier alpha value is -4.58. The molecule has 9 nitrogen and oxygen atoms in total. The fraction of sp³-hybridized carbons (Fsp3) is 0.250. The first-order chi connectivity index (χ1) is 19.3. The van der Waals surface area contributed by atoms with Crippen molar-refractivity contribution in [3.8, 4) is 28.4 Å². The monoisotopic (exact) mass is 546 g/mol. The van der Waals surface area contributed by atoms with Crippen LogP contribution in [0.1, 0.15) is 18.4 Å². The molecule has 0 radical (unpaired) electrons. The number of hydrogen-bond acceptors (Lipinski definition) is 8. The molecule has 1 aliphatic rings. The fourth-order valence-electron chi connectivity index (χ4n) is 4.60. The average molecular weight is 547 g/mol. The quantitative estimate of drug-likeness (QED) is 0.279. The van der Waals surface area contributed by atoms with Gasteiger partial charge in [0.2, 0.25) is 5.95 Å². The molecule has 0 bridgehead atoms. The van der Waals surface area contributed by atoms with Crippen LogP contribution in [0.15, 0.2) is 67.1 Å². The summed E-state index contributed by atoms with van der Waals surface area (Å²) in [5, 5.41) is 11.2. The van der Waals surface area contributed by atoms with E-state index in [2.05, 4.69) is 47.4 Å². The number of nitrogens with zero attached hydrogens (tertiary/aromatic N) is 6. The van der Waals surface area contributed by atoms with E-state index in [1.54, 1.807) is 24.7 Å². The molecule has 12 heteroatoms. The molecule has 0 spiro atoms. The molecule has 2 N–H and O–H groups in total. The third kappa shape index (κ3) is 5.71. The number of alkyl halides is 3. The molecular weight excluding hydrogens is 521 g/mol. The molecular formula is C28H25F3N8O. The largest absolute Gasteiger partial charge is 0.490 e. The van der Waals surface area contributed by atoms with E-state index in [-0.39, 0.29) is 6.10 Å². The smallest absolute Gasteiger partial charge is 0.416 e. The molecule has 3 aromatic heterocycles. The van der Waals surface area contributed by atoms with Crippen LogP contribution in [0.5, 0.6) is 5.75 Å². The maximum absolute atomic E-state index is 13.2. The third-order valence-electron chi connectivity index (χ3n) is 6.73. The van der Waals surface area contributed by atoms with Gasteiger partial charge in [-0.2, -0.15) is 23.4 Å². The van der Waals surface area contributed by atoms with Crippen LogP contribution in [0.2, 0.25) is 0 Å². The van der Waals surface area contributed by atoms with Gasteiger partial charge in [0.05, 0.1) is 22.3 Å². The van der Waals surface area contributed by atoms with E-state index >= 15 is 0 Å². The first kappa shape index (κ1) is 25.7. The minimum absolute atomic E-state index is 0.0480. The number of rotatable bonds is 6. The lowest BCUT2D eigenvalue weighted by Gasteiger charge is -2.29. The first-order valence-electron chi connectivity index (χ1n) is 12.7. The lowest BCUT2D eigenvalue weighted by molar-refractivity contribution is -0.137. The van der Waals surface area contributed by atoms with E-state index < -0.39 is 11.7 Å². The zero-order valence-electron chi connectivity index (χ0n) is 21.5. The van der Waals surface area contributed by atoms with Crippen molar-refractivity contribution in [2.24, 2.45) is 0 Å². The second kappa shape index (κ2) is 10.5. The number of aromatic nitrogens is 6. The van der Waals surface area contributed by atoms with Crippen LogP contribution in [0, 0.1) is 0 Å². The summed E-state index contributed by atoms with van der Waals surface area (Å²) in [5.74, 6) is 1.39. The van der Waals surface area contributed by atoms with Gasteiger partial charge in [0.25, 0.3) is 0 Å². The number of H-pyrrole nitrogens is 1. The number of likely N-dealkylation sites (tertiary alicyclic amines) is 1. The van der Waals surface area contributed by atoms with Crippen molar-refractivity contribution in [3.63, 3.8) is 0 Å². The molecule has 0 saturated carbocycles. The number of imidazole rings is 1. The first-order valence-corrected chi connectivity index (χ1v) is 12.7. The molecule has 204 valence electrons. The molecule has 4 heterocycles. The molecule has 0 aliphatic carbocycles. The van der Waals surface area contributed by atoms with Crippen LogP contribution in [0.3, 0.4) is 0 Å². The molecule has 0 amide bonds. The minimum Gasteiger partial charge on any atom is -0.490 e. The van der Waals surface area contributed by atoms with E-state index in [4.69, 9.17) is 4.74 Å². The Bertz CT molecular complexity index is 1620. The van der Waals surface area contributed by atoms with Crippen LogP contribution in [-0.2, 0) is 6.18 Å². The predicted octanol–water partition coefficient (Wildman–Crippen LogP) is 5.71. The maximum Gasteiger partial charge on any atom is 0.416 e. The van der Waals surface area contributed by atoms with Gasteiger partial charge in [-0.3, -0.25) is 0 Å². The molecule has 1 saturated heterocycles. The van der Waals surface area contributed by atoms with Crippen LogP contribution >= 0.6 is 0 Å². The number of fused-ring (bicyclic) bond motifs is 1. The van der Waals surface area contributed by atoms with Crippen LogP contribution < -0.4 is 10.1 Å². The Morgan fingerprint density at radius 2 is 1.80 bits per heavy atom. The summed E-state index contributed by atoms with van der Waals surface area (Å²) < 4.78 is 46.1. The number of ether oxygens (including phenoxy) is 1. The lowest BCUT2D eigenvalue weighted by atomic mass is 10.1. The van der Waals surface area contributed by atoms with E-state index in [1.165, 1.54) is 6.07 Å². The van der Waals surface area contributed by atoms with E-state index in [0.717, 1.165) is 43.6 Å². The van der Waals surface area contributed by atoms with Crippen LogP contribution in [0.25, 0.3) is 33.7 Å². The normalized spacial score (nSPS) is 14.9. The Morgan fingerprint density at radius 1 is 1.00 bits per heavy atom. The molecule has 0 atom stereocenters. The summed E-state index contributed by atoms with van der Waals surface area (Å²) in [5.41, 5.74) is 2.66. The van der Waals surface area contributed by atoms with Crippen molar-refractivity contribution < 1.29 is 17.9 Å². The number of anilines is 2. The standard InChI is InChI=1S/C28H25F3N8O/c1-39-9-6-21(7-10-39)40-22-12-17(26-36-24-5-4-19(28(29,30)31)13-25(24)37-26)11-20(14-22)35-27-32-15-18(16-33-27)23-3-2-8-34-38-23/h2-5,8,11-16,21H,6-7,9-10H2,1H3,(H,36,37)(H,32,33,35). The van der Waals surface area contributed by atoms with Gasteiger partial charge in [0, 0.05) is 54.6 Å².